The number of ether oxygens (including phenoxy) is 1. The van der Waals surface area contributed by atoms with Crippen LogP contribution in [-0.4, -0.2) is 37.1 Å². The summed E-state index contributed by atoms with van der Waals surface area (Å²) in [6, 6.07) is 79.6. The molecule has 1 aromatic heterocycles. The number of rotatable bonds is 8. The quantitative estimate of drug-likeness (QED) is 0.142. The molecule has 300 valence electrons. The first-order chi connectivity index (χ1) is 31.2. The average Bonchev–Trinajstić information content (AvgIpc) is 3.93. The van der Waals surface area contributed by atoms with Crippen LogP contribution in [0.1, 0.15) is 0 Å². The number of hydrogen-bond donors (Lipinski definition) is 0. The molecule has 6 nitrogen and oxygen atoms in total. The molecule has 0 radical (unpaired) electrons. The fourth-order valence-corrected chi connectivity index (χ4v) is 12.0. The van der Waals surface area contributed by atoms with Crippen molar-refractivity contribution in [3.05, 3.63) is 224 Å². The third-order valence-corrected chi connectivity index (χ3v) is 15.1. The SMILES string of the molecule is c1ccc(-c2cccc(-c3ccccc3)c2N2CN(c3cccc(Oc4ccc5c(c4)N(c4nc6ccccc6n4-c4ccccc4)c4ccccc4[Te]5)c3)c3ccccc32)cc1. The Morgan fingerprint density at radius 3 is 1.75 bits per heavy atom. The Hall–Kier alpha value is -7.56. The molecule has 63 heavy (non-hydrogen) atoms. The van der Waals surface area contributed by atoms with Gasteiger partial charge >= 0.3 is 272 Å². The first kappa shape index (κ1) is 37.2. The Balaban J connectivity index is 0.922. The maximum Gasteiger partial charge on any atom is -0.0543 e. The number of para-hydroxylation sites is 7. The van der Waals surface area contributed by atoms with Gasteiger partial charge in [-0.1, -0.05) is 84.9 Å². The van der Waals surface area contributed by atoms with Crippen molar-refractivity contribution in [1.29, 1.82) is 0 Å². The van der Waals surface area contributed by atoms with E-state index in [-0.39, 0.29) is 0 Å². The minimum Gasteiger partial charge on any atom is -0.0616 e. The summed E-state index contributed by atoms with van der Waals surface area (Å²) in [6.07, 6.45) is 0. The minimum absolute atomic E-state index is 0.631. The topological polar surface area (TPSA) is 36.8 Å². The van der Waals surface area contributed by atoms with Gasteiger partial charge in [-0.15, -0.1) is 0 Å². The number of imidazole rings is 1. The summed E-state index contributed by atoms with van der Waals surface area (Å²) in [5.41, 5.74) is 14.6. The van der Waals surface area contributed by atoms with E-state index >= 15 is 0 Å². The number of nitrogens with zero attached hydrogens (tertiary/aromatic N) is 5. The van der Waals surface area contributed by atoms with Crippen molar-refractivity contribution < 1.29 is 4.74 Å². The van der Waals surface area contributed by atoms with Crippen LogP contribution in [0.4, 0.5) is 40.1 Å². The molecular formula is C56H39N5OTe. The van der Waals surface area contributed by atoms with E-state index in [2.05, 4.69) is 244 Å². The summed E-state index contributed by atoms with van der Waals surface area (Å²) in [7, 11) is 0. The molecule has 0 unspecified atom stereocenters. The number of aromatic nitrogens is 2. The van der Waals surface area contributed by atoms with E-state index in [1.807, 2.05) is 0 Å². The fraction of sp³-hybridized carbons (Fsp3) is 0.0179. The standard InChI is InChI=1S/C56H39N5OTe/c1-4-18-39(19-5-1)45-26-17-27-46(40-20-6-2-7-21-40)55(45)59-38-58(49-30-12-13-31-50(49)59)42-24-16-25-43(36-42)62-44-34-35-54-52(37-44)61(51-32-14-15-33-53(51)63-54)56-57-47-28-10-11-29-48(47)60(56)41-22-8-3-9-23-41/h1-37H,38H2. The van der Waals surface area contributed by atoms with Crippen LogP contribution in [0.25, 0.3) is 39.0 Å². The molecule has 7 heteroatoms. The molecule has 3 heterocycles. The first-order valence-electron chi connectivity index (χ1n) is 21.1. The molecule has 9 aromatic carbocycles. The molecule has 0 spiro atoms. The van der Waals surface area contributed by atoms with Crippen molar-refractivity contribution in [3.63, 3.8) is 0 Å². The summed E-state index contributed by atoms with van der Waals surface area (Å²) in [5.74, 6) is 2.40. The molecule has 0 saturated carbocycles. The van der Waals surface area contributed by atoms with Crippen LogP contribution < -0.4 is 26.7 Å². The summed E-state index contributed by atoms with van der Waals surface area (Å²) < 4.78 is 11.9. The summed E-state index contributed by atoms with van der Waals surface area (Å²) in [5, 5.41) is 0. The van der Waals surface area contributed by atoms with E-state index < -0.39 is 20.9 Å². The molecule has 2 aliphatic rings. The van der Waals surface area contributed by atoms with E-state index in [0.717, 1.165) is 56.9 Å². The monoisotopic (exact) mass is 927 g/mol. The Bertz CT molecular complexity index is 3240. The third kappa shape index (κ3) is 6.61. The predicted octanol–water partition coefficient (Wildman–Crippen LogP) is 12.8. The summed E-state index contributed by atoms with van der Waals surface area (Å²) in [6.45, 7) is 0.631. The second kappa shape index (κ2) is 15.7. The number of benzene rings is 9. The second-order valence-corrected chi connectivity index (χ2v) is 18.7. The maximum atomic E-state index is 6.86. The molecule has 12 rings (SSSR count). The van der Waals surface area contributed by atoms with Gasteiger partial charge in [0, 0.05) is 11.1 Å². The molecule has 0 saturated heterocycles. The zero-order chi connectivity index (χ0) is 41.7. The van der Waals surface area contributed by atoms with Crippen molar-refractivity contribution in [3.8, 4) is 39.4 Å². The Labute approximate surface area is 376 Å². The van der Waals surface area contributed by atoms with Gasteiger partial charge in [0.05, 0.1) is 0 Å². The van der Waals surface area contributed by atoms with Crippen molar-refractivity contribution >= 4 is 79.3 Å². The predicted molar refractivity (Wildman–Crippen MR) is 260 cm³/mol. The van der Waals surface area contributed by atoms with Gasteiger partial charge in [-0.05, 0) is 11.1 Å². The molecular weight excluding hydrogens is 886 g/mol. The molecule has 0 atom stereocenters. The van der Waals surface area contributed by atoms with E-state index in [4.69, 9.17) is 9.72 Å². The van der Waals surface area contributed by atoms with Crippen LogP contribution >= 0.6 is 0 Å². The summed E-state index contributed by atoms with van der Waals surface area (Å²) >= 11 is -0.678. The van der Waals surface area contributed by atoms with Gasteiger partial charge in [0.1, 0.15) is 0 Å². The Morgan fingerprint density at radius 2 is 1.00 bits per heavy atom. The average molecular weight is 926 g/mol. The fourth-order valence-electron chi connectivity index (χ4n) is 9.02. The first-order valence-corrected chi connectivity index (χ1v) is 23.5. The third-order valence-electron chi connectivity index (χ3n) is 11.8. The van der Waals surface area contributed by atoms with Gasteiger partial charge < -0.3 is 0 Å². The van der Waals surface area contributed by atoms with E-state index in [0.29, 0.717) is 6.67 Å². The van der Waals surface area contributed by atoms with Crippen LogP contribution in [0.2, 0.25) is 0 Å². The molecule has 2 aliphatic heterocycles. The van der Waals surface area contributed by atoms with E-state index in [1.54, 1.807) is 0 Å². The zero-order valence-corrected chi connectivity index (χ0v) is 36.5. The number of fused-ring (bicyclic) bond motifs is 4. The van der Waals surface area contributed by atoms with Crippen molar-refractivity contribution in [2.24, 2.45) is 0 Å². The molecule has 0 bridgehead atoms. The van der Waals surface area contributed by atoms with Gasteiger partial charge in [-0.25, -0.2) is 0 Å². The summed E-state index contributed by atoms with van der Waals surface area (Å²) in [4.78, 5) is 12.5. The van der Waals surface area contributed by atoms with Gasteiger partial charge in [0.15, 0.2) is 0 Å². The van der Waals surface area contributed by atoms with Gasteiger partial charge in [0.25, 0.3) is 0 Å². The van der Waals surface area contributed by atoms with Crippen molar-refractivity contribution in [2.45, 2.75) is 0 Å². The molecule has 0 N–H and O–H groups in total. The maximum absolute atomic E-state index is 6.86. The van der Waals surface area contributed by atoms with Crippen LogP contribution in [0.5, 0.6) is 11.5 Å². The van der Waals surface area contributed by atoms with Crippen molar-refractivity contribution in [2.75, 3.05) is 21.4 Å². The number of anilines is 7. The van der Waals surface area contributed by atoms with Crippen LogP contribution in [0, 0.1) is 0 Å². The molecule has 0 fully saturated rings. The van der Waals surface area contributed by atoms with Crippen LogP contribution in [-0.2, 0) is 0 Å². The van der Waals surface area contributed by atoms with Gasteiger partial charge in [-0.3, -0.25) is 0 Å². The van der Waals surface area contributed by atoms with Gasteiger partial charge in [-0.2, -0.15) is 0 Å². The van der Waals surface area contributed by atoms with E-state index in [9.17, 15) is 0 Å². The Kier molecular flexibility index (Phi) is 9.29. The van der Waals surface area contributed by atoms with Gasteiger partial charge in [0.2, 0.25) is 0 Å². The minimum atomic E-state index is -0.678. The van der Waals surface area contributed by atoms with Crippen LogP contribution in [0.3, 0.4) is 0 Å². The molecule has 0 amide bonds. The van der Waals surface area contributed by atoms with Crippen LogP contribution in [0.15, 0.2) is 224 Å². The zero-order valence-electron chi connectivity index (χ0n) is 34.1. The largest absolute Gasteiger partial charge is 0.0616 e. The molecule has 10 aromatic rings. The molecule has 0 aliphatic carbocycles. The van der Waals surface area contributed by atoms with Crippen molar-refractivity contribution in [1.82, 2.24) is 9.55 Å². The smallest absolute Gasteiger partial charge is 0.0543 e. The number of hydrogen-bond acceptors (Lipinski definition) is 5. The normalized spacial score (nSPS) is 12.9. The second-order valence-electron chi connectivity index (χ2n) is 15.6. The van der Waals surface area contributed by atoms with E-state index in [1.165, 1.54) is 40.9 Å². The Morgan fingerprint density at radius 1 is 0.429 bits per heavy atom.